The molecule has 0 aromatic carbocycles. The molecule has 24 heavy (non-hydrogen) atoms. The molecule has 0 bridgehead atoms. The van der Waals surface area contributed by atoms with E-state index in [2.05, 4.69) is 36.1 Å². The summed E-state index contributed by atoms with van der Waals surface area (Å²) in [5.41, 5.74) is 0.140. The monoisotopic (exact) mass is 326 g/mol. The van der Waals surface area contributed by atoms with E-state index in [9.17, 15) is 4.79 Å². The van der Waals surface area contributed by atoms with E-state index in [0.717, 1.165) is 17.9 Å². The number of imidazole rings is 1. The van der Waals surface area contributed by atoms with Gasteiger partial charge in [0.1, 0.15) is 17.2 Å². The molecule has 0 aliphatic heterocycles. The summed E-state index contributed by atoms with van der Waals surface area (Å²) in [5, 5.41) is 3.05. The third-order valence-corrected chi connectivity index (χ3v) is 3.93. The van der Waals surface area contributed by atoms with Gasteiger partial charge in [-0.3, -0.25) is 9.20 Å². The molecular weight excluding hydrogens is 304 g/mol. The van der Waals surface area contributed by atoms with Crippen molar-refractivity contribution in [3.05, 3.63) is 54.0 Å². The minimum Gasteiger partial charge on any atom is -0.464 e. The fraction of sp³-hybridized carbons (Fsp3) is 0.389. The molecular formula is C18H22N4O2. The number of hydrogen-bond donors (Lipinski definition) is 1. The smallest absolute Gasteiger partial charge is 0.272 e. The minimum atomic E-state index is -0.247. The summed E-state index contributed by atoms with van der Waals surface area (Å²) in [4.78, 5) is 21.1. The molecule has 0 saturated heterocycles. The third-order valence-electron chi connectivity index (χ3n) is 3.93. The van der Waals surface area contributed by atoms with Crippen molar-refractivity contribution in [3.8, 4) is 0 Å². The summed E-state index contributed by atoms with van der Waals surface area (Å²) in [6.45, 7) is 8.24. The molecule has 1 atom stereocenters. The SMILES string of the molecule is CCc1ccc(C(NC(=O)c2cn3cccnc3n2)C(C)(C)C)o1. The van der Waals surface area contributed by atoms with Crippen LogP contribution in [0.25, 0.3) is 5.78 Å². The van der Waals surface area contributed by atoms with Crippen LogP contribution >= 0.6 is 0 Å². The van der Waals surface area contributed by atoms with Gasteiger partial charge >= 0.3 is 0 Å². The van der Waals surface area contributed by atoms with Crippen LogP contribution < -0.4 is 5.32 Å². The zero-order chi connectivity index (χ0) is 17.3. The Kier molecular flexibility index (Phi) is 4.13. The molecule has 6 nitrogen and oxygen atoms in total. The predicted molar refractivity (Wildman–Crippen MR) is 90.7 cm³/mol. The number of aromatic nitrogens is 3. The summed E-state index contributed by atoms with van der Waals surface area (Å²) < 4.78 is 7.59. The van der Waals surface area contributed by atoms with Crippen molar-refractivity contribution in [1.29, 1.82) is 0 Å². The number of nitrogens with zero attached hydrogens (tertiary/aromatic N) is 3. The van der Waals surface area contributed by atoms with Gasteiger partial charge in [-0.05, 0) is 23.6 Å². The lowest BCUT2D eigenvalue weighted by atomic mass is 9.85. The van der Waals surface area contributed by atoms with Crippen molar-refractivity contribution in [3.63, 3.8) is 0 Å². The van der Waals surface area contributed by atoms with Gasteiger partial charge in [-0.25, -0.2) is 9.97 Å². The highest BCUT2D eigenvalue weighted by atomic mass is 16.3. The second kappa shape index (κ2) is 6.11. The van der Waals surface area contributed by atoms with E-state index in [1.165, 1.54) is 0 Å². The molecule has 0 spiro atoms. The van der Waals surface area contributed by atoms with Crippen LogP contribution in [0.3, 0.4) is 0 Å². The van der Waals surface area contributed by atoms with Crippen molar-refractivity contribution >= 4 is 11.7 Å². The van der Waals surface area contributed by atoms with Crippen molar-refractivity contribution < 1.29 is 9.21 Å². The molecule has 3 rings (SSSR count). The average Bonchev–Trinajstić information content (AvgIpc) is 3.17. The van der Waals surface area contributed by atoms with Crippen molar-refractivity contribution in [2.45, 2.75) is 40.2 Å². The summed E-state index contributed by atoms with van der Waals surface area (Å²) in [6, 6.07) is 5.43. The number of hydrogen-bond acceptors (Lipinski definition) is 4. The highest BCUT2D eigenvalue weighted by molar-refractivity contribution is 5.93. The van der Waals surface area contributed by atoms with Gasteiger partial charge in [-0.1, -0.05) is 27.7 Å². The fourth-order valence-corrected chi connectivity index (χ4v) is 2.60. The third kappa shape index (κ3) is 3.18. The first-order chi connectivity index (χ1) is 11.4. The average molecular weight is 326 g/mol. The lowest BCUT2D eigenvalue weighted by Crippen LogP contribution is -2.36. The van der Waals surface area contributed by atoms with E-state index in [4.69, 9.17) is 4.42 Å². The standard InChI is InChI=1S/C18H22N4O2/c1-5-12-7-8-14(24-12)15(18(2,3)4)21-16(23)13-11-22-10-6-9-19-17(22)20-13/h6-11,15H,5H2,1-4H3,(H,21,23). The lowest BCUT2D eigenvalue weighted by Gasteiger charge is -2.29. The first-order valence-electron chi connectivity index (χ1n) is 8.07. The minimum absolute atomic E-state index is 0.198. The van der Waals surface area contributed by atoms with Crippen LogP contribution in [0.1, 0.15) is 55.7 Å². The normalized spacial score (nSPS) is 13.2. The number of furan rings is 1. The molecule has 1 unspecified atom stereocenters. The van der Waals surface area contributed by atoms with E-state index in [0.29, 0.717) is 11.5 Å². The van der Waals surface area contributed by atoms with Crippen LogP contribution in [0.2, 0.25) is 0 Å². The van der Waals surface area contributed by atoms with E-state index < -0.39 is 0 Å². The predicted octanol–water partition coefficient (Wildman–Crippen LogP) is 3.40. The van der Waals surface area contributed by atoms with Gasteiger partial charge in [0.25, 0.3) is 5.91 Å². The van der Waals surface area contributed by atoms with Crippen molar-refractivity contribution in [2.24, 2.45) is 5.41 Å². The van der Waals surface area contributed by atoms with E-state index in [1.54, 1.807) is 22.9 Å². The van der Waals surface area contributed by atoms with Gasteiger partial charge in [0, 0.05) is 25.0 Å². The van der Waals surface area contributed by atoms with Crippen LogP contribution in [0, 0.1) is 5.41 Å². The maximum atomic E-state index is 12.7. The van der Waals surface area contributed by atoms with Crippen LogP contribution in [0.15, 0.2) is 41.2 Å². The molecule has 1 N–H and O–H groups in total. The molecule has 6 heteroatoms. The summed E-state index contributed by atoms with van der Waals surface area (Å²) in [7, 11) is 0. The Bertz CT molecular complexity index is 824. The molecule has 0 aliphatic rings. The van der Waals surface area contributed by atoms with Gasteiger partial charge < -0.3 is 9.73 Å². The van der Waals surface area contributed by atoms with Gasteiger partial charge in [0.2, 0.25) is 5.78 Å². The van der Waals surface area contributed by atoms with Crippen LogP contribution in [0.4, 0.5) is 0 Å². The van der Waals surface area contributed by atoms with Gasteiger partial charge in [0.15, 0.2) is 0 Å². The maximum Gasteiger partial charge on any atom is 0.272 e. The first kappa shape index (κ1) is 16.2. The van der Waals surface area contributed by atoms with Crippen molar-refractivity contribution in [2.75, 3.05) is 0 Å². The summed E-state index contributed by atoms with van der Waals surface area (Å²) in [6.07, 6.45) is 5.96. The number of carbonyl (C=O) groups excluding carboxylic acids is 1. The Morgan fingerprint density at radius 2 is 2.17 bits per heavy atom. The highest BCUT2D eigenvalue weighted by Crippen LogP contribution is 2.34. The molecule has 0 radical (unpaired) electrons. The lowest BCUT2D eigenvalue weighted by molar-refractivity contribution is 0.0884. The van der Waals surface area contributed by atoms with Crippen LogP contribution in [-0.2, 0) is 6.42 Å². The Morgan fingerprint density at radius 1 is 1.38 bits per heavy atom. The fourth-order valence-electron chi connectivity index (χ4n) is 2.60. The topological polar surface area (TPSA) is 72.4 Å². The molecule has 1 amide bonds. The van der Waals surface area contributed by atoms with E-state index in [1.807, 2.05) is 25.3 Å². The van der Waals surface area contributed by atoms with Gasteiger partial charge in [-0.2, -0.15) is 0 Å². The zero-order valence-electron chi connectivity index (χ0n) is 14.4. The maximum absolute atomic E-state index is 12.7. The largest absolute Gasteiger partial charge is 0.464 e. The second-order valence-electron chi connectivity index (χ2n) is 6.88. The molecule has 126 valence electrons. The molecule has 0 saturated carbocycles. The number of fused-ring (bicyclic) bond motifs is 1. The molecule has 3 aromatic heterocycles. The van der Waals surface area contributed by atoms with E-state index in [-0.39, 0.29) is 17.4 Å². The molecule has 0 fully saturated rings. The quantitative estimate of drug-likeness (QED) is 0.797. The Hall–Kier alpha value is -2.63. The van der Waals surface area contributed by atoms with E-state index >= 15 is 0 Å². The highest BCUT2D eigenvalue weighted by Gasteiger charge is 2.31. The van der Waals surface area contributed by atoms with Crippen molar-refractivity contribution in [1.82, 2.24) is 19.7 Å². The van der Waals surface area contributed by atoms with Crippen LogP contribution in [-0.4, -0.2) is 20.3 Å². The Balaban J connectivity index is 1.87. The van der Waals surface area contributed by atoms with Crippen LogP contribution in [0.5, 0.6) is 0 Å². The summed E-state index contributed by atoms with van der Waals surface area (Å²) >= 11 is 0. The zero-order valence-corrected chi connectivity index (χ0v) is 14.4. The van der Waals surface area contributed by atoms with Gasteiger partial charge in [0.05, 0.1) is 6.04 Å². The van der Waals surface area contributed by atoms with Gasteiger partial charge in [-0.15, -0.1) is 0 Å². The molecule has 0 aliphatic carbocycles. The second-order valence-corrected chi connectivity index (χ2v) is 6.88. The number of aryl methyl sites for hydroxylation is 1. The number of nitrogens with one attached hydrogen (secondary N) is 1. The molecule has 3 aromatic rings. The first-order valence-corrected chi connectivity index (χ1v) is 8.07. The Labute approximate surface area is 140 Å². The summed E-state index contributed by atoms with van der Waals surface area (Å²) in [5.74, 6) is 1.93. The Morgan fingerprint density at radius 3 is 2.79 bits per heavy atom. The molecule has 3 heterocycles. The number of rotatable bonds is 4. The number of amides is 1. The number of carbonyl (C=O) groups is 1.